The normalized spacial score (nSPS) is 15.8. The zero-order valence-corrected chi connectivity index (χ0v) is 8.66. The van der Waals surface area contributed by atoms with Crippen molar-refractivity contribution in [2.24, 2.45) is 0 Å². The Morgan fingerprint density at radius 3 is 3.14 bits per heavy atom. The standard InChI is InChI=1S/C11H17N3/c1-9(2)8-14-11(5-6-13-14)7-12-10-3-4-10/h5-6,10,12H,1,3-4,7-8H2,2H3. The number of nitrogens with one attached hydrogen (secondary N) is 1. The molecule has 0 saturated heterocycles. The summed E-state index contributed by atoms with van der Waals surface area (Å²) >= 11 is 0. The highest BCUT2D eigenvalue weighted by molar-refractivity contribution is 5.04. The van der Waals surface area contributed by atoms with E-state index in [0.717, 1.165) is 24.7 Å². The van der Waals surface area contributed by atoms with Crippen molar-refractivity contribution < 1.29 is 0 Å². The van der Waals surface area contributed by atoms with E-state index in [4.69, 9.17) is 0 Å². The Morgan fingerprint density at radius 2 is 2.50 bits per heavy atom. The Hall–Kier alpha value is -1.09. The predicted molar refractivity (Wildman–Crippen MR) is 56.9 cm³/mol. The molecule has 1 saturated carbocycles. The van der Waals surface area contributed by atoms with Crippen molar-refractivity contribution in [2.75, 3.05) is 0 Å². The van der Waals surface area contributed by atoms with Crippen molar-refractivity contribution in [1.29, 1.82) is 0 Å². The van der Waals surface area contributed by atoms with Gasteiger partial charge in [-0.2, -0.15) is 5.10 Å². The predicted octanol–water partition coefficient (Wildman–Crippen LogP) is 1.71. The van der Waals surface area contributed by atoms with E-state index in [2.05, 4.69) is 23.1 Å². The molecule has 3 nitrogen and oxygen atoms in total. The number of allylic oxidation sites excluding steroid dienone is 1. The number of hydrogen-bond donors (Lipinski definition) is 1. The average molecular weight is 191 g/mol. The van der Waals surface area contributed by atoms with Crippen molar-refractivity contribution in [2.45, 2.75) is 38.9 Å². The molecule has 1 aromatic heterocycles. The Bertz CT molecular complexity index is 323. The smallest absolute Gasteiger partial charge is 0.0617 e. The van der Waals surface area contributed by atoms with E-state index in [1.54, 1.807) is 0 Å². The second-order valence-electron chi connectivity index (χ2n) is 4.09. The summed E-state index contributed by atoms with van der Waals surface area (Å²) in [6.45, 7) is 7.68. The quantitative estimate of drug-likeness (QED) is 0.718. The minimum absolute atomic E-state index is 0.753. The molecule has 0 bridgehead atoms. The van der Waals surface area contributed by atoms with Gasteiger partial charge in [-0.15, -0.1) is 0 Å². The number of rotatable bonds is 5. The number of hydrogen-bond acceptors (Lipinski definition) is 2. The second-order valence-corrected chi connectivity index (χ2v) is 4.09. The van der Waals surface area contributed by atoms with E-state index in [9.17, 15) is 0 Å². The van der Waals surface area contributed by atoms with Crippen LogP contribution in [0.4, 0.5) is 0 Å². The molecule has 0 amide bonds. The molecule has 1 aliphatic rings. The maximum atomic E-state index is 4.27. The fourth-order valence-corrected chi connectivity index (χ4v) is 1.44. The summed E-state index contributed by atoms with van der Waals surface area (Å²) < 4.78 is 2.01. The first-order chi connectivity index (χ1) is 6.75. The molecule has 0 unspecified atom stereocenters. The fraction of sp³-hybridized carbons (Fsp3) is 0.545. The molecule has 3 heteroatoms. The number of aromatic nitrogens is 2. The molecule has 1 fully saturated rings. The maximum absolute atomic E-state index is 4.27. The van der Waals surface area contributed by atoms with Crippen LogP contribution in [0.5, 0.6) is 0 Å². The highest BCUT2D eigenvalue weighted by Gasteiger charge is 2.20. The van der Waals surface area contributed by atoms with Crippen molar-refractivity contribution >= 4 is 0 Å². The molecular formula is C11H17N3. The Morgan fingerprint density at radius 1 is 1.71 bits per heavy atom. The maximum Gasteiger partial charge on any atom is 0.0617 e. The molecule has 0 spiro atoms. The van der Waals surface area contributed by atoms with Crippen LogP contribution in [0.3, 0.4) is 0 Å². The molecule has 0 radical (unpaired) electrons. The van der Waals surface area contributed by atoms with Crippen LogP contribution in [0.1, 0.15) is 25.5 Å². The van der Waals surface area contributed by atoms with Crippen LogP contribution < -0.4 is 5.32 Å². The highest BCUT2D eigenvalue weighted by atomic mass is 15.3. The van der Waals surface area contributed by atoms with Crippen molar-refractivity contribution in [3.63, 3.8) is 0 Å². The molecule has 76 valence electrons. The minimum Gasteiger partial charge on any atom is -0.308 e. The summed E-state index contributed by atoms with van der Waals surface area (Å²) in [7, 11) is 0. The topological polar surface area (TPSA) is 29.9 Å². The summed E-state index contributed by atoms with van der Waals surface area (Å²) in [5.41, 5.74) is 2.39. The second kappa shape index (κ2) is 3.96. The first-order valence-corrected chi connectivity index (χ1v) is 5.14. The lowest BCUT2D eigenvalue weighted by Crippen LogP contribution is -2.18. The van der Waals surface area contributed by atoms with Gasteiger partial charge in [-0.25, -0.2) is 0 Å². The monoisotopic (exact) mass is 191 g/mol. The van der Waals surface area contributed by atoms with Gasteiger partial charge in [0.2, 0.25) is 0 Å². The van der Waals surface area contributed by atoms with Crippen LogP contribution in [-0.2, 0) is 13.1 Å². The van der Waals surface area contributed by atoms with Crippen LogP contribution in [0, 0.1) is 0 Å². The van der Waals surface area contributed by atoms with E-state index in [1.165, 1.54) is 18.5 Å². The Labute approximate surface area is 84.8 Å². The van der Waals surface area contributed by atoms with Gasteiger partial charge in [0.25, 0.3) is 0 Å². The molecule has 1 heterocycles. The van der Waals surface area contributed by atoms with Gasteiger partial charge in [0.1, 0.15) is 0 Å². The lowest BCUT2D eigenvalue weighted by molar-refractivity contribution is 0.590. The summed E-state index contributed by atoms with van der Waals surface area (Å²) in [4.78, 5) is 0. The van der Waals surface area contributed by atoms with Gasteiger partial charge < -0.3 is 5.32 Å². The van der Waals surface area contributed by atoms with E-state index in [-0.39, 0.29) is 0 Å². The largest absolute Gasteiger partial charge is 0.308 e. The Balaban J connectivity index is 1.93. The van der Waals surface area contributed by atoms with Gasteiger partial charge in [-0.1, -0.05) is 12.2 Å². The minimum atomic E-state index is 0.753. The summed E-state index contributed by atoms with van der Waals surface area (Å²) in [5, 5.41) is 7.75. The summed E-state index contributed by atoms with van der Waals surface area (Å²) in [5.74, 6) is 0. The van der Waals surface area contributed by atoms with Gasteiger partial charge in [-0.05, 0) is 25.8 Å². The third-order valence-electron chi connectivity index (χ3n) is 2.37. The average Bonchev–Trinajstić information content (AvgIpc) is 2.85. The van der Waals surface area contributed by atoms with Crippen LogP contribution in [0.25, 0.3) is 0 Å². The first kappa shape index (κ1) is 9.46. The molecule has 0 atom stereocenters. The highest BCUT2D eigenvalue weighted by Crippen LogP contribution is 2.19. The zero-order chi connectivity index (χ0) is 9.97. The van der Waals surface area contributed by atoms with Crippen molar-refractivity contribution in [3.8, 4) is 0 Å². The SMILES string of the molecule is C=C(C)Cn1nccc1CNC1CC1. The van der Waals surface area contributed by atoms with E-state index < -0.39 is 0 Å². The van der Waals surface area contributed by atoms with Gasteiger partial charge in [0, 0.05) is 18.8 Å². The first-order valence-electron chi connectivity index (χ1n) is 5.14. The molecule has 1 N–H and O–H groups in total. The van der Waals surface area contributed by atoms with Gasteiger partial charge >= 0.3 is 0 Å². The summed E-state index contributed by atoms with van der Waals surface area (Å²) in [6.07, 6.45) is 4.51. The zero-order valence-electron chi connectivity index (χ0n) is 8.66. The van der Waals surface area contributed by atoms with Gasteiger partial charge in [-0.3, -0.25) is 4.68 Å². The molecular weight excluding hydrogens is 174 g/mol. The fourth-order valence-electron chi connectivity index (χ4n) is 1.44. The summed E-state index contributed by atoms with van der Waals surface area (Å²) in [6, 6.07) is 2.82. The number of nitrogens with zero attached hydrogens (tertiary/aromatic N) is 2. The van der Waals surface area contributed by atoms with E-state index >= 15 is 0 Å². The molecule has 0 aromatic carbocycles. The van der Waals surface area contributed by atoms with Gasteiger partial charge in [0.15, 0.2) is 0 Å². The third kappa shape index (κ3) is 2.45. The third-order valence-corrected chi connectivity index (χ3v) is 2.37. The molecule has 1 aromatic rings. The van der Waals surface area contributed by atoms with Crippen molar-refractivity contribution in [1.82, 2.24) is 15.1 Å². The molecule has 14 heavy (non-hydrogen) atoms. The molecule has 0 aliphatic heterocycles. The molecule has 1 aliphatic carbocycles. The van der Waals surface area contributed by atoms with E-state index in [0.29, 0.717) is 0 Å². The van der Waals surface area contributed by atoms with E-state index in [1.807, 2.05) is 17.8 Å². The van der Waals surface area contributed by atoms with Crippen LogP contribution in [-0.4, -0.2) is 15.8 Å². The van der Waals surface area contributed by atoms with Crippen LogP contribution in [0.2, 0.25) is 0 Å². The van der Waals surface area contributed by atoms with Crippen LogP contribution >= 0.6 is 0 Å². The lowest BCUT2D eigenvalue weighted by Gasteiger charge is -2.07. The van der Waals surface area contributed by atoms with Gasteiger partial charge in [0.05, 0.1) is 12.2 Å². The van der Waals surface area contributed by atoms with Crippen LogP contribution in [0.15, 0.2) is 24.4 Å². The molecule has 2 rings (SSSR count). The lowest BCUT2D eigenvalue weighted by atomic mass is 10.3. The van der Waals surface area contributed by atoms with Crippen molar-refractivity contribution in [3.05, 3.63) is 30.1 Å². The Kier molecular flexibility index (Phi) is 2.68.